The summed E-state index contributed by atoms with van der Waals surface area (Å²) >= 11 is 12.1. The van der Waals surface area contributed by atoms with Crippen molar-refractivity contribution in [1.29, 1.82) is 0 Å². The highest BCUT2D eigenvalue weighted by molar-refractivity contribution is 6.42. The SMILES string of the molecule is CC[C@@H](C(=O)NC(C)C)N(Cc1ccc(OC)cc1)C(=O)Cc1ccc(Cl)c(Cl)c1. The van der Waals surface area contributed by atoms with Gasteiger partial charge in [0, 0.05) is 12.6 Å². The Morgan fingerprint density at radius 2 is 1.67 bits per heavy atom. The van der Waals surface area contributed by atoms with Crippen LogP contribution in [-0.4, -0.2) is 35.9 Å². The van der Waals surface area contributed by atoms with E-state index in [-0.39, 0.29) is 24.3 Å². The second-order valence-electron chi connectivity index (χ2n) is 7.38. The molecule has 0 aromatic heterocycles. The Kier molecular flexibility index (Phi) is 9.00. The van der Waals surface area contributed by atoms with Crippen LogP contribution in [0.4, 0.5) is 0 Å². The van der Waals surface area contributed by atoms with Crippen LogP contribution in [0.1, 0.15) is 38.3 Å². The largest absolute Gasteiger partial charge is 0.497 e. The van der Waals surface area contributed by atoms with Crippen molar-refractivity contribution >= 4 is 35.0 Å². The summed E-state index contributed by atoms with van der Waals surface area (Å²) in [5, 5.41) is 3.75. The Morgan fingerprint density at radius 1 is 1.03 bits per heavy atom. The second-order valence-corrected chi connectivity index (χ2v) is 8.20. The first kappa shape index (κ1) is 24.0. The van der Waals surface area contributed by atoms with Crippen LogP contribution in [0.5, 0.6) is 5.75 Å². The Labute approximate surface area is 188 Å². The summed E-state index contributed by atoms with van der Waals surface area (Å²) in [6.07, 6.45) is 0.625. The van der Waals surface area contributed by atoms with Gasteiger partial charge in [0.25, 0.3) is 0 Å². The minimum Gasteiger partial charge on any atom is -0.497 e. The number of nitrogens with zero attached hydrogens (tertiary/aromatic N) is 1. The average Bonchev–Trinajstić information content (AvgIpc) is 2.70. The number of nitrogens with one attached hydrogen (secondary N) is 1. The number of hydrogen-bond acceptors (Lipinski definition) is 3. The third-order valence-corrected chi connectivity index (χ3v) is 5.41. The van der Waals surface area contributed by atoms with Crippen molar-refractivity contribution in [3.8, 4) is 5.75 Å². The Bertz CT molecular complexity index is 869. The third-order valence-electron chi connectivity index (χ3n) is 4.67. The van der Waals surface area contributed by atoms with Gasteiger partial charge in [-0.3, -0.25) is 9.59 Å². The summed E-state index contributed by atoms with van der Waals surface area (Å²) < 4.78 is 5.20. The van der Waals surface area contributed by atoms with Gasteiger partial charge >= 0.3 is 0 Å². The summed E-state index contributed by atoms with van der Waals surface area (Å²) in [6, 6.07) is 12.0. The van der Waals surface area contributed by atoms with Gasteiger partial charge in [0.1, 0.15) is 11.8 Å². The summed E-state index contributed by atoms with van der Waals surface area (Å²) in [5.74, 6) is 0.412. The highest BCUT2D eigenvalue weighted by Gasteiger charge is 2.29. The van der Waals surface area contributed by atoms with E-state index in [2.05, 4.69) is 5.32 Å². The van der Waals surface area contributed by atoms with Gasteiger partial charge in [0.15, 0.2) is 0 Å². The molecule has 0 heterocycles. The molecule has 0 bridgehead atoms. The zero-order valence-corrected chi connectivity index (χ0v) is 19.3. The summed E-state index contributed by atoms with van der Waals surface area (Å²) in [5.41, 5.74) is 1.65. The van der Waals surface area contributed by atoms with Crippen LogP contribution in [0, 0.1) is 0 Å². The number of amides is 2. The second kappa shape index (κ2) is 11.2. The lowest BCUT2D eigenvalue weighted by molar-refractivity contribution is -0.141. The molecule has 2 aromatic carbocycles. The van der Waals surface area contributed by atoms with Gasteiger partial charge in [-0.1, -0.05) is 48.3 Å². The molecule has 0 aliphatic rings. The van der Waals surface area contributed by atoms with E-state index in [4.69, 9.17) is 27.9 Å². The monoisotopic (exact) mass is 450 g/mol. The number of benzene rings is 2. The normalized spacial score (nSPS) is 11.8. The number of carbonyl (C=O) groups excluding carboxylic acids is 2. The number of halogens is 2. The van der Waals surface area contributed by atoms with Crippen molar-refractivity contribution < 1.29 is 14.3 Å². The standard InChI is InChI=1S/C23H28Cl2N2O3/c1-5-21(23(29)26-15(2)3)27(14-16-6-9-18(30-4)10-7-16)22(28)13-17-8-11-19(24)20(25)12-17/h6-12,15,21H,5,13-14H2,1-4H3,(H,26,29)/t21-/m0/s1. The maximum atomic E-state index is 13.3. The van der Waals surface area contributed by atoms with E-state index in [9.17, 15) is 9.59 Å². The molecule has 0 aliphatic carbocycles. The maximum Gasteiger partial charge on any atom is 0.243 e. The number of rotatable bonds is 9. The molecule has 2 rings (SSSR count). The molecule has 2 amide bonds. The minimum atomic E-state index is -0.579. The van der Waals surface area contributed by atoms with Crippen LogP contribution in [0.15, 0.2) is 42.5 Å². The lowest BCUT2D eigenvalue weighted by Gasteiger charge is -2.31. The molecule has 0 fully saturated rings. The van der Waals surface area contributed by atoms with Gasteiger partial charge in [-0.15, -0.1) is 0 Å². The maximum absolute atomic E-state index is 13.3. The molecular weight excluding hydrogens is 423 g/mol. The quantitative estimate of drug-likeness (QED) is 0.592. The van der Waals surface area contributed by atoms with Crippen molar-refractivity contribution in [2.24, 2.45) is 0 Å². The minimum absolute atomic E-state index is 0.0143. The van der Waals surface area contributed by atoms with E-state index >= 15 is 0 Å². The Morgan fingerprint density at radius 3 is 2.20 bits per heavy atom. The number of carbonyl (C=O) groups is 2. The van der Waals surface area contributed by atoms with Crippen molar-refractivity contribution in [1.82, 2.24) is 10.2 Å². The molecule has 2 aromatic rings. The van der Waals surface area contributed by atoms with Gasteiger partial charge < -0.3 is 15.0 Å². The number of hydrogen-bond donors (Lipinski definition) is 1. The van der Waals surface area contributed by atoms with E-state index in [0.29, 0.717) is 23.0 Å². The highest BCUT2D eigenvalue weighted by Crippen LogP contribution is 2.24. The van der Waals surface area contributed by atoms with E-state index < -0.39 is 6.04 Å². The van der Waals surface area contributed by atoms with Crippen molar-refractivity contribution in [3.63, 3.8) is 0 Å². The predicted molar refractivity (Wildman–Crippen MR) is 121 cm³/mol. The van der Waals surface area contributed by atoms with Crippen LogP contribution in [-0.2, 0) is 22.6 Å². The third kappa shape index (κ3) is 6.64. The van der Waals surface area contributed by atoms with Crippen LogP contribution in [0.3, 0.4) is 0 Å². The zero-order valence-electron chi connectivity index (χ0n) is 17.7. The molecule has 0 spiro atoms. The topological polar surface area (TPSA) is 58.6 Å². The van der Waals surface area contributed by atoms with E-state index in [1.165, 1.54) is 0 Å². The molecule has 7 heteroatoms. The van der Waals surface area contributed by atoms with Crippen LogP contribution < -0.4 is 10.1 Å². The molecule has 1 N–H and O–H groups in total. The van der Waals surface area contributed by atoms with Gasteiger partial charge in [0.05, 0.1) is 23.6 Å². The van der Waals surface area contributed by atoms with E-state index in [1.54, 1.807) is 30.2 Å². The van der Waals surface area contributed by atoms with Gasteiger partial charge in [-0.05, 0) is 55.7 Å². The van der Waals surface area contributed by atoms with Crippen LogP contribution in [0.2, 0.25) is 10.0 Å². The molecule has 0 aliphatic heterocycles. The fraction of sp³-hybridized carbons (Fsp3) is 0.391. The highest BCUT2D eigenvalue weighted by atomic mass is 35.5. The van der Waals surface area contributed by atoms with Crippen LogP contribution in [0.25, 0.3) is 0 Å². The first-order valence-corrected chi connectivity index (χ1v) is 10.7. The Hall–Kier alpha value is -2.24. The predicted octanol–water partition coefficient (Wildman–Crippen LogP) is 4.88. The molecule has 0 unspecified atom stereocenters. The lowest BCUT2D eigenvalue weighted by Crippen LogP contribution is -2.50. The van der Waals surface area contributed by atoms with Crippen molar-refractivity contribution in [2.45, 2.75) is 52.2 Å². The first-order valence-electron chi connectivity index (χ1n) is 9.91. The Balaban J connectivity index is 2.30. The van der Waals surface area contributed by atoms with Gasteiger partial charge in [-0.25, -0.2) is 0 Å². The number of methoxy groups -OCH3 is 1. The molecular formula is C23H28Cl2N2O3. The zero-order chi connectivity index (χ0) is 22.3. The molecule has 0 saturated carbocycles. The van der Waals surface area contributed by atoms with Crippen molar-refractivity contribution in [3.05, 3.63) is 63.6 Å². The summed E-state index contributed by atoms with van der Waals surface area (Å²) in [7, 11) is 1.60. The molecule has 1 atom stereocenters. The summed E-state index contributed by atoms with van der Waals surface area (Å²) in [6.45, 7) is 6.01. The fourth-order valence-electron chi connectivity index (χ4n) is 3.15. The average molecular weight is 451 g/mol. The smallest absolute Gasteiger partial charge is 0.243 e. The van der Waals surface area contributed by atoms with E-state index in [0.717, 1.165) is 16.9 Å². The molecule has 162 valence electrons. The van der Waals surface area contributed by atoms with Gasteiger partial charge in [0.2, 0.25) is 11.8 Å². The van der Waals surface area contributed by atoms with Crippen molar-refractivity contribution in [2.75, 3.05) is 7.11 Å². The number of ether oxygens (including phenoxy) is 1. The van der Waals surface area contributed by atoms with E-state index in [1.807, 2.05) is 45.0 Å². The lowest BCUT2D eigenvalue weighted by atomic mass is 10.1. The first-order chi connectivity index (χ1) is 14.2. The fourth-order valence-corrected chi connectivity index (χ4v) is 3.47. The summed E-state index contributed by atoms with van der Waals surface area (Å²) in [4.78, 5) is 27.7. The molecule has 30 heavy (non-hydrogen) atoms. The molecule has 0 saturated heterocycles. The van der Waals surface area contributed by atoms with Gasteiger partial charge in [-0.2, -0.15) is 0 Å². The van der Waals surface area contributed by atoms with Crippen LogP contribution >= 0.6 is 23.2 Å². The molecule has 5 nitrogen and oxygen atoms in total. The molecule has 0 radical (unpaired) electrons.